The van der Waals surface area contributed by atoms with E-state index >= 15 is 0 Å². The van der Waals surface area contributed by atoms with Crippen LogP contribution in [0.5, 0.6) is 0 Å². The van der Waals surface area contributed by atoms with Crippen LogP contribution in [0.1, 0.15) is 11.1 Å². The lowest BCUT2D eigenvalue weighted by atomic mass is 10.1. The van der Waals surface area contributed by atoms with Crippen molar-refractivity contribution in [3.8, 4) is 0 Å². The summed E-state index contributed by atoms with van der Waals surface area (Å²) in [4.78, 5) is 4.30. The molecule has 1 aromatic heterocycles. The van der Waals surface area contributed by atoms with Crippen LogP contribution < -0.4 is 0 Å². The zero-order chi connectivity index (χ0) is 9.42. The van der Waals surface area contributed by atoms with E-state index in [0.717, 1.165) is 21.5 Å². The van der Waals surface area contributed by atoms with Gasteiger partial charge in [0.05, 0.1) is 5.52 Å². The Morgan fingerprint density at radius 2 is 1.92 bits per heavy atom. The SMILES string of the molecule is Cc1cnc2cc(Cl)c(C)cc2c1. The molecule has 0 saturated heterocycles. The zero-order valence-electron chi connectivity index (χ0n) is 7.63. The average molecular weight is 192 g/mol. The summed E-state index contributed by atoms with van der Waals surface area (Å²) in [6.45, 7) is 4.04. The van der Waals surface area contributed by atoms with Crippen molar-refractivity contribution < 1.29 is 0 Å². The van der Waals surface area contributed by atoms with Crippen molar-refractivity contribution in [2.45, 2.75) is 13.8 Å². The quantitative estimate of drug-likeness (QED) is 0.621. The second kappa shape index (κ2) is 3.00. The highest BCUT2D eigenvalue weighted by Crippen LogP contribution is 2.22. The van der Waals surface area contributed by atoms with Gasteiger partial charge in [0.1, 0.15) is 0 Å². The number of hydrogen-bond acceptors (Lipinski definition) is 1. The third-order valence-electron chi connectivity index (χ3n) is 2.10. The van der Waals surface area contributed by atoms with E-state index in [1.807, 2.05) is 26.1 Å². The molecule has 2 aromatic rings. The van der Waals surface area contributed by atoms with E-state index in [9.17, 15) is 0 Å². The van der Waals surface area contributed by atoms with Gasteiger partial charge in [0.2, 0.25) is 0 Å². The van der Waals surface area contributed by atoms with Gasteiger partial charge in [-0.15, -0.1) is 0 Å². The minimum absolute atomic E-state index is 0.781. The van der Waals surface area contributed by atoms with Crippen LogP contribution >= 0.6 is 11.6 Å². The topological polar surface area (TPSA) is 12.9 Å². The molecule has 0 radical (unpaired) electrons. The van der Waals surface area contributed by atoms with Gasteiger partial charge in [0.25, 0.3) is 0 Å². The minimum atomic E-state index is 0.781. The summed E-state index contributed by atoms with van der Waals surface area (Å²) in [6.07, 6.45) is 1.86. The van der Waals surface area contributed by atoms with Crippen molar-refractivity contribution >= 4 is 22.5 Å². The lowest BCUT2D eigenvalue weighted by Crippen LogP contribution is -1.83. The van der Waals surface area contributed by atoms with E-state index in [1.54, 1.807) is 0 Å². The molecule has 0 saturated carbocycles. The van der Waals surface area contributed by atoms with Crippen molar-refractivity contribution in [3.05, 3.63) is 40.5 Å². The number of hydrogen-bond donors (Lipinski definition) is 0. The molecular formula is C11H10ClN. The maximum absolute atomic E-state index is 5.99. The van der Waals surface area contributed by atoms with Crippen LogP contribution in [0.3, 0.4) is 0 Å². The standard InChI is InChI=1S/C11H10ClN/c1-7-3-9-4-8(2)10(12)5-11(9)13-6-7/h3-6H,1-2H3. The van der Waals surface area contributed by atoms with Gasteiger partial charge in [0.15, 0.2) is 0 Å². The van der Waals surface area contributed by atoms with Crippen molar-refractivity contribution in [2.24, 2.45) is 0 Å². The summed E-state index contributed by atoms with van der Waals surface area (Å²) < 4.78 is 0. The fourth-order valence-electron chi connectivity index (χ4n) is 1.37. The highest BCUT2D eigenvalue weighted by molar-refractivity contribution is 6.32. The molecule has 0 fully saturated rings. The van der Waals surface area contributed by atoms with E-state index in [0.29, 0.717) is 0 Å². The molecule has 1 aromatic carbocycles. The van der Waals surface area contributed by atoms with Gasteiger partial charge in [-0.05, 0) is 43.2 Å². The van der Waals surface area contributed by atoms with Crippen molar-refractivity contribution in [3.63, 3.8) is 0 Å². The molecule has 0 aliphatic heterocycles. The summed E-state index contributed by atoms with van der Waals surface area (Å²) in [5, 5.41) is 1.94. The molecular weight excluding hydrogens is 182 g/mol. The minimum Gasteiger partial charge on any atom is -0.256 e. The summed E-state index contributed by atoms with van der Waals surface area (Å²) in [5.74, 6) is 0. The van der Waals surface area contributed by atoms with Crippen LogP contribution in [0.2, 0.25) is 5.02 Å². The molecule has 0 aliphatic rings. The second-order valence-electron chi connectivity index (χ2n) is 3.31. The number of aromatic nitrogens is 1. The molecule has 0 bridgehead atoms. The number of fused-ring (bicyclic) bond motifs is 1. The molecule has 0 unspecified atom stereocenters. The molecule has 66 valence electrons. The molecule has 1 heterocycles. The van der Waals surface area contributed by atoms with Gasteiger partial charge in [-0.3, -0.25) is 4.98 Å². The Kier molecular flexibility index (Phi) is 1.97. The number of benzene rings is 1. The number of halogens is 1. The Hall–Kier alpha value is -1.08. The number of rotatable bonds is 0. The lowest BCUT2D eigenvalue weighted by molar-refractivity contribution is 1.33. The third-order valence-corrected chi connectivity index (χ3v) is 2.51. The summed E-state index contributed by atoms with van der Waals surface area (Å²) >= 11 is 5.99. The fraction of sp³-hybridized carbons (Fsp3) is 0.182. The van der Waals surface area contributed by atoms with Crippen LogP contribution in [0.4, 0.5) is 0 Å². The molecule has 0 aliphatic carbocycles. The first-order chi connectivity index (χ1) is 6.16. The van der Waals surface area contributed by atoms with E-state index in [-0.39, 0.29) is 0 Å². The highest BCUT2D eigenvalue weighted by atomic mass is 35.5. The largest absolute Gasteiger partial charge is 0.256 e. The first-order valence-electron chi connectivity index (χ1n) is 4.19. The van der Waals surface area contributed by atoms with Crippen LogP contribution in [0.25, 0.3) is 10.9 Å². The summed E-state index contributed by atoms with van der Waals surface area (Å²) in [6, 6.07) is 6.09. The monoisotopic (exact) mass is 191 g/mol. The van der Waals surface area contributed by atoms with Gasteiger partial charge in [0, 0.05) is 16.6 Å². The van der Waals surface area contributed by atoms with Gasteiger partial charge in [-0.2, -0.15) is 0 Å². The van der Waals surface area contributed by atoms with E-state index < -0.39 is 0 Å². The lowest BCUT2D eigenvalue weighted by Gasteiger charge is -2.02. The van der Waals surface area contributed by atoms with Gasteiger partial charge in [-0.1, -0.05) is 11.6 Å². The highest BCUT2D eigenvalue weighted by Gasteiger charge is 1.99. The Balaban J connectivity index is 2.81. The molecule has 0 amide bonds. The number of pyridine rings is 1. The maximum atomic E-state index is 5.99. The smallest absolute Gasteiger partial charge is 0.0717 e. The van der Waals surface area contributed by atoms with Crippen LogP contribution in [-0.2, 0) is 0 Å². The molecule has 13 heavy (non-hydrogen) atoms. The predicted octanol–water partition coefficient (Wildman–Crippen LogP) is 3.51. The Labute approximate surface area is 82.4 Å². The molecule has 2 heteroatoms. The van der Waals surface area contributed by atoms with Gasteiger partial charge < -0.3 is 0 Å². The zero-order valence-corrected chi connectivity index (χ0v) is 8.39. The van der Waals surface area contributed by atoms with Gasteiger partial charge in [-0.25, -0.2) is 0 Å². The molecule has 1 nitrogen and oxygen atoms in total. The van der Waals surface area contributed by atoms with Crippen LogP contribution in [0, 0.1) is 13.8 Å². The second-order valence-corrected chi connectivity index (χ2v) is 3.71. The van der Waals surface area contributed by atoms with Crippen molar-refractivity contribution in [2.75, 3.05) is 0 Å². The van der Waals surface area contributed by atoms with E-state index in [1.165, 1.54) is 5.56 Å². The van der Waals surface area contributed by atoms with Gasteiger partial charge >= 0.3 is 0 Å². The molecule has 0 spiro atoms. The predicted molar refractivity (Wildman–Crippen MR) is 56.2 cm³/mol. The first-order valence-corrected chi connectivity index (χ1v) is 4.57. The Morgan fingerprint density at radius 3 is 2.69 bits per heavy atom. The maximum Gasteiger partial charge on any atom is 0.0717 e. The number of aryl methyl sites for hydroxylation is 2. The molecule has 0 atom stereocenters. The number of nitrogens with zero attached hydrogens (tertiary/aromatic N) is 1. The molecule has 0 N–H and O–H groups in total. The average Bonchev–Trinajstić information content (AvgIpc) is 2.08. The summed E-state index contributed by atoms with van der Waals surface area (Å²) in [7, 11) is 0. The fourth-order valence-corrected chi connectivity index (χ4v) is 1.53. The van der Waals surface area contributed by atoms with Crippen molar-refractivity contribution in [1.29, 1.82) is 0 Å². The molecule has 2 rings (SSSR count). The Morgan fingerprint density at radius 1 is 1.15 bits per heavy atom. The van der Waals surface area contributed by atoms with Crippen LogP contribution in [-0.4, -0.2) is 4.98 Å². The van der Waals surface area contributed by atoms with Crippen molar-refractivity contribution in [1.82, 2.24) is 4.98 Å². The van der Waals surface area contributed by atoms with E-state index in [4.69, 9.17) is 11.6 Å². The third kappa shape index (κ3) is 1.52. The van der Waals surface area contributed by atoms with E-state index in [2.05, 4.69) is 17.1 Å². The Bertz CT molecular complexity index is 463. The first kappa shape index (κ1) is 8.52. The summed E-state index contributed by atoms with van der Waals surface area (Å²) in [5.41, 5.74) is 3.23. The normalized spacial score (nSPS) is 10.7. The van der Waals surface area contributed by atoms with Crippen LogP contribution in [0.15, 0.2) is 24.4 Å².